The first-order chi connectivity index (χ1) is 14.0. The lowest BCUT2D eigenvalue weighted by atomic mass is 10.0. The van der Waals surface area contributed by atoms with Crippen molar-refractivity contribution in [1.82, 2.24) is 10.3 Å². The average Bonchev–Trinajstić information content (AvgIpc) is 3.11. The highest BCUT2D eigenvalue weighted by Crippen LogP contribution is 2.20. The van der Waals surface area contributed by atoms with Gasteiger partial charge < -0.3 is 25.7 Å². The van der Waals surface area contributed by atoms with Crippen LogP contribution in [0.1, 0.15) is 18.4 Å². The van der Waals surface area contributed by atoms with Crippen LogP contribution >= 0.6 is 0 Å². The number of rotatable bonds is 11. The number of H-pyrrole nitrogens is 1. The summed E-state index contributed by atoms with van der Waals surface area (Å²) >= 11 is 0. The largest absolute Gasteiger partial charge is 0.480 e. The molecule has 0 fully saturated rings. The monoisotopic (exact) mass is 397 g/mol. The lowest BCUT2D eigenvalue weighted by Gasteiger charge is -2.19. The van der Waals surface area contributed by atoms with Crippen molar-refractivity contribution in [1.29, 1.82) is 5.26 Å². The molecule has 10 heteroatoms. The quantitative estimate of drug-likeness (QED) is 0.288. The topological polar surface area (TPSA) is 169 Å². The van der Waals surface area contributed by atoms with E-state index in [0.29, 0.717) is 6.21 Å². The smallest absolute Gasteiger partial charge is 0.326 e. The fraction of sp³-hybridized carbons (Fsp3) is 0.316. The van der Waals surface area contributed by atoms with Crippen molar-refractivity contribution in [2.75, 3.05) is 6.61 Å². The van der Waals surface area contributed by atoms with Gasteiger partial charge in [-0.3, -0.25) is 9.59 Å². The Balaban J connectivity index is 2.12. The van der Waals surface area contributed by atoms with Crippen LogP contribution in [0.4, 0.5) is 0 Å². The van der Waals surface area contributed by atoms with Gasteiger partial charge in [-0.25, -0.2) is 4.79 Å². The molecule has 0 spiro atoms. The number of aromatic amines is 1. The van der Waals surface area contributed by atoms with E-state index in [9.17, 15) is 19.5 Å². The van der Waals surface area contributed by atoms with Gasteiger partial charge in [0.15, 0.2) is 0 Å². The zero-order valence-corrected chi connectivity index (χ0v) is 15.4. The molecule has 10 nitrogen and oxygen atoms in total. The Morgan fingerprint density at radius 3 is 2.83 bits per heavy atom. The van der Waals surface area contributed by atoms with E-state index in [-0.39, 0.29) is 25.9 Å². The molecule has 1 heterocycles. The molecule has 2 rings (SSSR count). The molecule has 0 radical (unpaired) electrons. The molecule has 3 N–H and O–H groups in total. The predicted molar refractivity (Wildman–Crippen MR) is 101 cm³/mol. The van der Waals surface area contributed by atoms with Crippen LogP contribution < -0.4 is 5.32 Å². The summed E-state index contributed by atoms with van der Waals surface area (Å²) in [7, 11) is 0. The first kappa shape index (κ1) is 21.5. The molecule has 150 valence electrons. The van der Waals surface area contributed by atoms with Gasteiger partial charge in [0.05, 0.1) is 6.07 Å². The van der Waals surface area contributed by atoms with Crippen molar-refractivity contribution in [3.63, 3.8) is 0 Å². The summed E-state index contributed by atoms with van der Waals surface area (Å²) < 4.78 is 5.32. The number of carbonyl (C=O) groups is 3. The Hall–Kier alpha value is -3.80. The minimum Gasteiger partial charge on any atom is -0.480 e. The van der Waals surface area contributed by atoms with Gasteiger partial charge in [-0.15, -0.1) is 0 Å². The number of nitriles is 1. The maximum atomic E-state index is 12.6. The number of nitrogens with one attached hydrogen (secondary N) is 2. The van der Waals surface area contributed by atoms with Crippen molar-refractivity contribution in [2.45, 2.75) is 31.4 Å². The minimum atomic E-state index is -1.34. The molecule has 2 aromatic rings. The number of hydrogen-bond donors (Lipinski definition) is 3. The predicted octanol–water partition coefficient (Wildman–Crippen LogP) is 0.838. The van der Waals surface area contributed by atoms with E-state index >= 15 is 0 Å². The summed E-state index contributed by atoms with van der Waals surface area (Å²) in [5.41, 5.74) is 9.97. The molecule has 2 atom stereocenters. The molecular formula is C19H19N5O5. The molecule has 0 saturated heterocycles. The number of carboxylic acid groups (broad SMARTS) is 1. The van der Waals surface area contributed by atoms with Crippen LogP contribution in [-0.4, -0.2) is 57.5 Å². The van der Waals surface area contributed by atoms with Gasteiger partial charge in [0.1, 0.15) is 18.8 Å². The van der Waals surface area contributed by atoms with E-state index in [2.05, 4.69) is 15.1 Å². The number of carbonyl (C=O) groups excluding carboxylic acids is 2. The van der Waals surface area contributed by atoms with E-state index < -0.39 is 29.8 Å². The van der Waals surface area contributed by atoms with Gasteiger partial charge in [-0.05, 0) is 18.1 Å². The first-order valence-electron chi connectivity index (χ1n) is 8.73. The van der Waals surface area contributed by atoms with E-state index in [0.717, 1.165) is 16.5 Å². The zero-order chi connectivity index (χ0) is 21.2. The zero-order valence-electron chi connectivity index (χ0n) is 15.4. The molecule has 0 saturated carbocycles. The third-order valence-corrected chi connectivity index (χ3v) is 4.22. The lowest BCUT2D eigenvalue weighted by Crippen LogP contribution is -2.47. The fourth-order valence-electron chi connectivity index (χ4n) is 2.80. The minimum absolute atomic E-state index is 0.125. The summed E-state index contributed by atoms with van der Waals surface area (Å²) in [5, 5.41) is 21.3. The maximum absolute atomic E-state index is 12.6. The number of para-hydroxylation sites is 1. The summed E-state index contributed by atoms with van der Waals surface area (Å²) in [5.74, 6) is -2.61. The van der Waals surface area contributed by atoms with Gasteiger partial charge in [0, 0.05) is 29.9 Å². The van der Waals surface area contributed by atoms with Crippen molar-refractivity contribution >= 4 is 34.8 Å². The highest BCUT2D eigenvalue weighted by Gasteiger charge is 2.27. The highest BCUT2D eigenvalue weighted by atomic mass is 16.5. The van der Waals surface area contributed by atoms with Crippen LogP contribution in [-0.2, 0) is 25.5 Å². The number of ether oxygens (including phenoxy) is 1. The third kappa shape index (κ3) is 6.10. The number of carboxylic acids is 1. The van der Waals surface area contributed by atoms with Crippen LogP contribution in [0.25, 0.3) is 16.4 Å². The number of benzene rings is 1. The van der Waals surface area contributed by atoms with Crippen LogP contribution in [0, 0.1) is 11.3 Å². The van der Waals surface area contributed by atoms with E-state index in [4.69, 9.17) is 15.5 Å². The second kappa shape index (κ2) is 10.5. The van der Waals surface area contributed by atoms with Gasteiger partial charge in [0.2, 0.25) is 11.7 Å². The summed E-state index contributed by atoms with van der Waals surface area (Å²) in [4.78, 5) is 41.1. The highest BCUT2D eigenvalue weighted by molar-refractivity contribution is 6.25. The number of aromatic nitrogens is 1. The van der Waals surface area contributed by atoms with E-state index in [1.165, 1.54) is 0 Å². The van der Waals surface area contributed by atoms with E-state index in [1.807, 2.05) is 24.3 Å². The molecule has 0 bridgehead atoms. The molecule has 0 unspecified atom stereocenters. The average molecular weight is 397 g/mol. The Kier molecular flexibility index (Phi) is 7.79. The van der Waals surface area contributed by atoms with Crippen LogP contribution in [0.5, 0.6) is 0 Å². The molecule has 1 amide bonds. The van der Waals surface area contributed by atoms with Gasteiger partial charge in [0.25, 0.3) is 0 Å². The van der Waals surface area contributed by atoms with Crippen molar-refractivity contribution in [3.05, 3.63) is 41.6 Å². The molecule has 0 aliphatic heterocycles. The molecular weight excluding hydrogens is 378 g/mol. The molecule has 1 aromatic carbocycles. The van der Waals surface area contributed by atoms with Crippen molar-refractivity contribution in [3.8, 4) is 6.07 Å². The molecule has 0 aliphatic rings. The van der Waals surface area contributed by atoms with Crippen molar-refractivity contribution < 1.29 is 29.0 Å². The summed E-state index contributed by atoms with van der Waals surface area (Å²) in [6.07, 6.45) is 1.00. The Bertz CT molecular complexity index is 986. The number of fused-ring (bicyclic) bond motifs is 1. The lowest BCUT2D eigenvalue weighted by molar-refractivity contribution is -0.144. The number of hydrogen-bond acceptors (Lipinski definition) is 5. The fourth-order valence-corrected chi connectivity index (χ4v) is 2.80. The van der Waals surface area contributed by atoms with E-state index in [1.54, 1.807) is 12.3 Å². The number of aliphatic carboxylic acids is 1. The van der Waals surface area contributed by atoms with Crippen LogP contribution in [0.3, 0.4) is 0 Å². The molecule has 0 aliphatic carbocycles. The standard InChI is InChI=1S/C19H19N5O5/c20-7-8-29-17(9-12-10-22-15-4-2-1-3-14(12)15)18(26)24-16(19(27)28)6-5-13(25)11-23-21/h1-4,10-11,16-17,22H,5-6,8-9H2,(H,24,26)(H,27,28)/t16-,17-/m0/s1. The van der Waals surface area contributed by atoms with Crippen LogP contribution in [0.2, 0.25) is 0 Å². The molecule has 29 heavy (non-hydrogen) atoms. The van der Waals surface area contributed by atoms with Crippen molar-refractivity contribution in [2.24, 2.45) is 0 Å². The number of ketones is 1. The summed E-state index contributed by atoms with van der Waals surface area (Å²) in [6, 6.07) is 7.90. The Morgan fingerprint density at radius 1 is 1.38 bits per heavy atom. The first-order valence-corrected chi connectivity index (χ1v) is 8.73. The van der Waals surface area contributed by atoms with Gasteiger partial charge in [-0.1, -0.05) is 18.2 Å². The Morgan fingerprint density at radius 2 is 2.14 bits per heavy atom. The maximum Gasteiger partial charge on any atom is 0.326 e. The number of nitrogens with zero attached hydrogens (tertiary/aromatic N) is 3. The molecule has 1 aromatic heterocycles. The van der Waals surface area contributed by atoms with Crippen LogP contribution in [0.15, 0.2) is 30.5 Å². The second-order valence-electron chi connectivity index (χ2n) is 6.17. The summed E-state index contributed by atoms with van der Waals surface area (Å²) in [6.45, 7) is -0.344. The SMILES string of the molecule is N#CCO[C@@H](Cc1c[nH]c2ccccc12)C(=O)N[C@@H](CCC(=O)C=[N+]=[N-])C(=O)O. The number of Topliss-reactive ketones (excluding diaryl/α,β-unsaturated/α-hetero) is 1. The Labute approximate surface area is 165 Å². The van der Waals surface area contributed by atoms with Gasteiger partial charge in [-0.2, -0.15) is 10.1 Å². The second-order valence-corrected chi connectivity index (χ2v) is 6.17. The van der Waals surface area contributed by atoms with Gasteiger partial charge >= 0.3 is 12.2 Å². The third-order valence-electron chi connectivity index (χ3n) is 4.22. The normalized spacial score (nSPS) is 12.4. The number of amides is 1.